The molecule has 0 amide bonds. The van der Waals surface area contributed by atoms with Crippen molar-refractivity contribution in [2.45, 2.75) is 20.0 Å². The Morgan fingerprint density at radius 1 is 1.00 bits per heavy atom. The second-order valence-corrected chi connectivity index (χ2v) is 6.81. The number of imidazole rings is 1. The molecule has 0 unspecified atom stereocenters. The molecule has 0 fully saturated rings. The van der Waals surface area contributed by atoms with Crippen LogP contribution in [0.1, 0.15) is 43.5 Å². The molecule has 1 aliphatic carbocycles. The van der Waals surface area contributed by atoms with Crippen molar-refractivity contribution in [2.75, 3.05) is 13.7 Å². The van der Waals surface area contributed by atoms with Crippen LogP contribution in [0.25, 0.3) is 0 Å². The molecular formula is C22H20FN2O3+. The molecule has 5 nitrogen and oxygen atoms in total. The van der Waals surface area contributed by atoms with Crippen LogP contribution in [-0.4, -0.2) is 29.9 Å². The van der Waals surface area contributed by atoms with Gasteiger partial charge in [-0.05, 0) is 17.7 Å². The van der Waals surface area contributed by atoms with Crippen LogP contribution < -0.4 is 4.57 Å². The minimum absolute atomic E-state index is 0.165. The lowest BCUT2D eigenvalue weighted by molar-refractivity contribution is -0.695. The van der Waals surface area contributed by atoms with Crippen molar-refractivity contribution < 1.29 is 23.3 Å². The van der Waals surface area contributed by atoms with E-state index in [2.05, 4.69) is 0 Å². The predicted octanol–water partition coefficient (Wildman–Crippen LogP) is 2.69. The van der Waals surface area contributed by atoms with Gasteiger partial charge in [0.25, 0.3) is 5.82 Å². The smallest absolute Gasteiger partial charge is 0.254 e. The van der Waals surface area contributed by atoms with Crippen LogP contribution in [0.5, 0.6) is 0 Å². The molecular weight excluding hydrogens is 359 g/mol. The molecule has 0 radical (unpaired) electrons. The second kappa shape index (κ2) is 7.13. The van der Waals surface area contributed by atoms with Crippen molar-refractivity contribution in [3.8, 4) is 0 Å². The Labute approximate surface area is 162 Å². The van der Waals surface area contributed by atoms with Gasteiger partial charge in [0.15, 0.2) is 0 Å². The van der Waals surface area contributed by atoms with Gasteiger partial charge in [-0.2, -0.15) is 0 Å². The Kier molecular flexibility index (Phi) is 4.65. The molecule has 6 heteroatoms. The van der Waals surface area contributed by atoms with E-state index in [0.717, 1.165) is 11.4 Å². The van der Waals surface area contributed by atoms with Gasteiger partial charge in [0.05, 0.1) is 6.61 Å². The zero-order valence-corrected chi connectivity index (χ0v) is 15.7. The van der Waals surface area contributed by atoms with E-state index < -0.39 is 0 Å². The highest BCUT2D eigenvalue weighted by Gasteiger charge is 2.42. The Morgan fingerprint density at radius 2 is 1.64 bits per heavy atom. The van der Waals surface area contributed by atoms with Crippen LogP contribution in [0.4, 0.5) is 4.39 Å². The summed E-state index contributed by atoms with van der Waals surface area (Å²) in [5.74, 6) is 0.125. The Hall–Kier alpha value is -3.12. The fourth-order valence-corrected chi connectivity index (χ4v) is 3.74. The second-order valence-electron chi connectivity index (χ2n) is 6.81. The predicted molar refractivity (Wildman–Crippen MR) is 100 cm³/mol. The maximum absolute atomic E-state index is 13.3. The van der Waals surface area contributed by atoms with E-state index in [1.165, 1.54) is 12.1 Å². The van der Waals surface area contributed by atoms with E-state index in [1.807, 2.05) is 16.1 Å². The first-order valence-corrected chi connectivity index (χ1v) is 9.07. The van der Waals surface area contributed by atoms with Crippen molar-refractivity contribution in [2.24, 2.45) is 0 Å². The number of nitrogens with zero attached hydrogens (tertiary/aromatic N) is 2. The number of ketones is 2. The number of aromatic nitrogens is 2. The van der Waals surface area contributed by atoms with Crippen molar-refractivity contribution >= 4 is 11.6 Å². The number of hydrogen-bond acceptors (Lipinski definition) is 3. The highest BCUT2D eigenvalue weighted by Crippen LogP contribution is 2.27. The van der Waals surface area contributed by atoms with E-state index >= 15 is 0 Å². The molecule has 0 spiro atoms. The summed E-state index contributed by atoms with van der Waals surface area (Å²) in [6, 6.07) is 13.0. The highest BCUT2D eigenvalue weighted by molar-refractivity contribution is 6.26. The summed E-state index contributed by atoms with van der Waals surface area (Å²) in [5, 5.41) is 0. The van der Waals surface area contributed by atoms with Crippen LogP contribution in [-0.2, 0) is 17.8 Å². The number of carbonyl (C=O) groups is 2. The quantitative estimate of drug-likeness (QED) is 0.501. The third-order valence-electron chi connectivity index (χ3n) is 5.16. The summed E-state index contributed by atoms with van der Waals surface area (Å²) in [5.41, 5.74) is 2.45. The van der Waals surface area contributed by atoms with Gasteiger partial charge >= 0.3 is 0 Å². The normalized spacial score (nSPS) is 12.8. The van der Waals surface area contributed by atoms with Crippen LogP contribution >= 0.6 is 0 Å². The van der Waals surface area contributed by atoms with Gasteiger partial charge < -0.3 is 4.74 Å². The Balaban J connectivity index is 1.90. The summed E-state index contributed by atoms with van der Waals surface area (Å²) < 4.78 is 22.2. The van der Waals surface area contributed by atoms with E-state index in [9.17, 15) is 14.0 Å². The SMILES string of the molecule is COCCn1c2c([n+](Cc3ccc(F)cc3)c1C)C(=O)c1ccccc1C2=O. The number of fused-ring (bicyclic) bond motifs is 2. The summed E-state index contributed by atoms with van der Waals surface area (Å²) in [4.78, 5) is 26.5. The zero-order valence-electron chi connectivity index (χ0n) is 15.7. The lowest BCUT2D eigenvalue weighted by atomic mass is 9.90. The summed E-state index contributed by atoms with van der Waals surface area (Å²) >= 11 is 0. The van der Waals surface area contributed by atoms with Gasteiger partial charge in [-0.15, -0.1) is 0 Å². The fraction of sp³-hybridized carbons (Fsp3) is 0.227. The third-order valence-corrected chi connectivity index (χ3v) is 5.16. The number of rotatable bonds is 5. The van der Waals surface area contributed by atoms with Crippen LogP contribution in [0.2, 0.25) is 0 Å². The van der Waals surface area contributed by atoms with E-state index in [0.29, 0.717) is 42.2 Å². The number of methoxy groups -OCH3 is 1. The lowest BCUT2D eigenvalue weighted by Gasteiger charge is -2.13. The topological polar surface area (TPSA) is 52.2 Å². The molecule has 0 aliphatic heterocycles. The van der Waals surface area contributed by atoms with Crippen LogP contribution in [0, 0.1) is 12.7 Å². The van der Waals surface area contributed by atoms with Crippen molar-refractivity contribution in [3.63, 3.8) is 0 Å². The minimum atomic E-state index is -0.314. The molecule has 3 aromatic rings. The van der Waals surface area contributed by atoms with Gasteiger partial charge in [-0.3, -0.25) is 9.59 Å². The van der Waals surface area contributed by atoms with E-state index in [1.54, 1.807) is 43.5 Å². The first-order chi connectivity index (χ1) is 13.5. The van der Waals surface area contributed by atoms with Crippen molar-refractivity contribution in [1.82, 2.24) is 4.57 Å². The molecule has 1 aliphatic rings. The Bertz CT molecular complexity index is 1080. The number of ether oxygens (including phenoxy) is 1. The van der Waals surface area contributed by atoms with E-state index in [4.69, 9.17) is 4.74 Å². The summed E-state index contributed by atoms with van der Waals surface area (Å²) in [7, 11) is 1.60. The molecule has 28 heavy (non-hydrogen) atoms. The molecule has 1 heterocycles. The zero-order chi connectivity index (χ0) is 19.8. The van der Waals surface area contributed by atoms with Crippen molar-refractivity contribution in [3.05, 3.63) is 88.3 Å². The largest absolute Gasteiger partial charge is 0.381 e. The monoisotopic (exact) mass is 379 g/mol. The van der Waals surface area contributed by atoms with Crippen molar-refractivity contribution in [1.29, 1.82) is 0 Å². The standard InChI is InChI=1S/C22H20FN2O3/c1-14-24(11-12-28-2)19-20(25(14)13-15-7-9-16(23)10-8-15)22(27)18-6-4-3-5-17(18)21(19)26/h3-10H,11-13H2,1-2H3/q+1. The fourth-order valence-electron chi connectivity index (χ4n) is 3.74. The van der Waals surface area contributed by atoms with Crippen LogP contribution in [0.15, 0.2) is 48.5 Å². The van der Waals surface area contributed by atoms with Gasteiger partial charge in [0.1, 0.15) is 18.9 Å². The molecule has 2 aromatic carbocycles. The maximum Gasteiger partial charge on any atom is 0.254 e. The van der Waals surface area contributed by atoms with E-state index in [-0.39, 0.29) is 17.4 Å². The summed E-state index contributed by atoms with van der Waals surface area (Å²) in [6.07, 6.45) is 0. The molecule has 1 aromatic heterocycles. The Morgan fingerprint density at radius 3 is 2.29 bits per heavy atom. The molecule has 0 saturated carbocycles. The van der Waals surface area contributed by atoms with Gasteiger partial charge in [-0.25, -0.2) is 13.5 Å². The number of benzene rings is 2. The average Bonchev–Trinajstić information content (AvgIpc) is 2.98. The van der Waals surface area contributed by atoms with Crippen LogP contribution in [0.3, 0.4) is 0 Å². The number of hydrogen-bond donors (Lipinski definition) is 0. The molecule has 0 saturated heterocycles. The maximum atomic E-state index is 13.3. The minimum Gasteiger partial charge on any atom is -0.381 e. The molecule has 0 atom stereocenters. The number of carbonyl (C=O) groups excluding carboxylic acids is 2. The first kappa shape index (κ1) is 18.3. The molecule has 0 bridgehead atoms. The molecule has 0 N–H and O–H groups in total. The molecule has 142 valence electrons. The highest BCUT2D eigenvalue weighted by atomic mass is 19.1. The molecule has 4 rings (SSSR count). The summed E-state index contributed by atoms with van der Waals surface area (Å²) in [6.45, 7) is 3.13. The third kappa shape index (κ3) is 2.86. The van der Waals surface area contributed by atoms with Gasteiger partial charge in [0, 0.05) is 25.2 Å². The van der Waals surface area contributed by atoms with Gasteiger partial charge in [-0.1, -0.05) is 36.4 Å². The number of halogens is 1. The average molecular weight is 379 g/mol. The lowest BCUT2D eigenvalue weighted by Crippen LogP contribution is -2.43. The first-order valence-electron chi connectivity index (χ1n) is 9.07. The van der Waals surface area contributed by atoms with Gasteiger partial charge in [0.2, 0.25) is 23.0 Å².